The largest absolute Gasteiger partial charge is 0.486 e. The standard InChI is InChI=1S/C16H20N2O6/c1-17(9-15(20)21)11-7-18(8-12(11)19)16(22)10-2-3-13-14(6-10)24-5-4-23-13/h2-3,6,11-12,19H,4-5,7-9H2,1H3,(H,20,21)/t11-,12+/m0/s1. The maximum atomic E-state index is 12.7. The number of carbonyl (C=O) groups is 2. The SMILES string of the molecule is CN(CC(=O)O)[C@H]1CN(C(=O)c2ccc3c(c2)OCCO3)C[C@H]1O. The summed E-state index contributed by atoms with van der Waals surface area (Å²) < 4.78 is 10.9. The molecule has 1 saturated heterocycles. The van der Waals surface area contributed by atoms with Crippen LogP contribution in [0.3, 0.4) is 0 Å². The van der Waals surface area contributed by atoms with E-state index >= 15 is 0 Å². The van der Waals surface area contributed by atoms with Crippen LogP contribution in [0.4, 0.5) is 0 Å². The van der Waals surface area contributed by atoms with Gasteiger partial charge in [-0.2, -0.15) is 0 Å². The molecule has 0 aromatic heterocycles. The molecule has 24 heavy (non-hydrogen) atoms. The first-order valence-corrected chi connectivity index (χ1v) is 7.74. The van der Waals surface area contributed by atoms with E-state index in [1.807, 2.05) is 0 Å². The van der Waals surface area contributed by atoms with Gasteiger partial charge in [0, 0.05) is 18.7 Å². The highest BCUT2D eigenvalue weighted by atomic mass is 16.6. The van der Waals surface area contributed by atoms with E-state index in [4.69, 9.17) is 14.6 Å². The van der Waals surface area contributed by atoms with Crippen molar-refractivity contribution in [1.29, 1.82) is 0 Å². The molecular formula is C16H20N2O6. The van der Waals surface area contributed by atoms with Crippen LogP contribution in [-0.2, 0) is 4.79 Å². The average Bonchev–Trinajstić information content (AvgIpc) is 2.95. The minimum absolute atomic E-state index is 0.169. The summed E-state index contributed by atoms with van der Waals surface area (Å²) in [6, 6.07) is 4.60. The summed E-state index contributed by atoms with van der Waals surface area (Å²) >= 11 is 0. The van der Waals surface area contributed by atoms with Crippen molar-refractivity contribution in [3.63, 3.8) is 0 Å². The number of likely N-dealkylation sites (tertiary alicyclic amines) is 1. The van der Waals surface area contributed by atoms with E-state index < -0.39 is 18.1 Å². The number of ether oxygens (including phenoxy) is 2. The highest BCUT2D eigenvalue weighted by Crippen LogP contribution is 2.31. The van der Waals surface area contributed by atoms with E-state index in [1.54, 1.807) is 30.1 Å². The van der Waals surface area contributed by atoms with E-state index in [0.717, 1.165) is 0 Å². The lowest BCUT2D eigenvalue weighted by molar-refractivity contribution is -0.138. The third-order valence-corrected chi connectivity index (χ3v) is 4.29. The van der Waals surface area contributed by atoms with Gasteiger partial charge in [0.1, 0.15) is 13.2 Å². The van der Waals surface area contributed by atoms with Gasteiger partial charge in [0.2, 0.25) is 0 Å². The molecule has 0 unspecified atom stereocenters. The Labute approximate surface area is 139 Å². The van der Waals surface area contributed by atoms with Gasteiger partial charge in [-0.25, -0.2) is 0 Å². The van der Waals surface area contributed by atoms with Crippen LogP contribution in [0.25, 0.3) is 0 Å². The predicted molar refractivity (Wildman–Crippen MR) is 83.4 cm³/mol. The Bertz CT molecular complexity index is 649. The summed E-state index contributed by atoms with van der Waals surface area (Å²) in [6.07, 6.45) is -0.782. The summed E-state index contributed by atoms with van der Waals surface area (Å²) in [5.41, 5.74) is 0.452. The number of benzene rings is 1. The molecule has 3 rings (SSSR count). The van der Waals surface area contributed by atoms with Gasteiger partial charge in [0.15, 0.2) is 11.5 Å². The molecule has 2 N–H and O–H groups in total. The highest BCUT2D eigenvalue weighted by Gasteiger charge is 2.37. The molecule has 2 aliphatic rings. The molecular weight excluding hydrogens is 316 g/mol. The maximum Gasteiger partial charge on any atom is 0.317 e. The van der Waals surface area contributed by atoms with Crippen molar-refractivity contribution in [2.75, 3.05) is 39.9 Å². The molecule has 0 spiro atoms. The molecule has 130 valence electrons. The van der Waals surface area contributed by atoms with E-state index in [2.05, 4.69) is 0 Å². The number of carboxylic acids is 1. The van der Waals surface area contributed by atoms with Crippen LogP contribution in [0.2, 0.25) is 0 Å². The van der Waals surface area contributed by atoms with Crippen molar-refractivity contribution in [3.8, 4) is 11.5 Å². The third-order valence-electron chi connectivity index (χ3n) is 4.29. The Kier molecular flexibility index (Phi) is 4.59. The number of carbonyl (C=O) groups excluding carboxylic acids is 1. The maximum absolute atomic E-state index is 12.7. The van der Waals surface area contributed by atoms with E-state index in [9.17, 15) is 14.7 Å². The van der Waals surface area contributed by atoms with Gasteiger partial charge in [-0.3, -0.25) is 14.5 Å². The van der Waals surface area contributed by atoms with Crippen molar-refractivity contribution in [3.05, 3.63) is 23.8 Å². The van der Waals surface area contributed by atoms with Crippen LogP contribution in [-0.4, -0.2) is 83.9 Å². The molecule has 0 radical (unpaired) electrons. The summed E-state index contributed by atoms with van der Waals surface area (Å²) in [7, 11) is 1.63. The van der Waals surface area contributed by atoms with Crippen LogP contribution in [0.15, 0.2) is 18.2 Å². The smallest absolute Gasteiger partial charge is 0.317 e. The minimum atomic E-state index is -0.971. The van der Waals surface area contributed by atoms with E-state index in [-0.39, 0.29) is 25.5 Å². The zero-order chi connectivity index (χ0) is 17.3. The van der Waals surface area contributed by atoms with Crippen LogP contribution in [0, 0.1) is 0 Å². The first-order valence-electron chi connectivity index (χ1n) is 7.74. The fourth-order valence-electron chi connectivity index (χ4n) is 3.06. The van der Waals surface area contributed by atoms with Gasteiger partial charge in [-0.1, -0.05) is 0 Å². The molecule has 0 aliphatic carbocycles. The summed E-state index contributed by atoms with van der Waals surface area (Å²) in [5, 5.41) is 19.0. The second kappa shape index (κ2) is 6.66. The molecule has 1 fully saturated rings. The Morgan fingerprint density at radius 1 is 1.25 bits per heavy atom. The zero-order valence-electron chi connectivity index (χ0n) is 13.3. The number of fused-ring (bicyclic) bond motifs is 1. The number of carboxylic acid groups (broad SMARTS) is 1. The highest BCUT2D eigenvalue weighted by molar-refractivity contribution is 5.95. The Morgan fingerprint density at radius 2 is 1.96 bits per heavy atom. The van der Waals surface area contributed by atoms with E-state index in [0.29, 0.717) is 30.3 Å². The number of aliphatic hydroxyl groups excluding tert-OH is 1. The molecule has 1 aromatic rings. The second-order valence-electron chi connectivity index (χ2n) is 6.01. The number of hydrogen-bond acceptors (Lipinski definition) is 6. The van der Waals surface area contributed by atoms with Gasteiger partial charge in [0.25, 0.3) is 5.91 Å². The van der Waals surface area contributed by atoms with Crippen molar-refractivity contribution in [2.45, 2.75) is 12.1 Å². The number of β-amino-alcohol motifs (C(OH)–C–C–N with tert-alkyl or cyclic N) is 1. The van der Waals surface area contributed by atoms with Gasteiger partial charge in [-0.05, 0) is 25.2 Å². The van der Waals surface area contributed by atoms with E-state index in [1.165, 1.54) is 4.90 Å². The molecule has 2 heterocycles. The van der Waals surface area contributed by atoms with Crippen molar-refractivity contribution >= 4 is 11.9 Å². The van der Waals surface area contributed by atoms with Crippen molar-refractivity contribution in [2.24, 2.45) is 0 Å². The molecule has 2 aliphatic heterocycles. The van der Waals surface area contributed by atoms with Crippen LogP contribution in [0.1, 0.15) is 10.4 Å². The number of likely N-dealkylation sites (N-methyl/N-ethyl adjacent to an activating group) is 1. The lowest BCUT2D eigenvalue weighted by atomic mass is 10.1. The third kappa shape index (κ3) is 3.29. The average molecular weight is 336 g/mol. The van der Waals surface area contributed by atoms with Gasteiger partial charge < -0.3 is 24.6 Å². The van der Waals surface area contributed by atoms with Gasteiger partial charge in [0.05, 0.1) is 18.7 Å². The summed E-state index contributed by atoms with van der Waals surface area (Å²) in [4.78, 5) is 26.5. The van der Waals surface area contributed by atoms with Crippen LogP contribution in [0.5, 0.6) is 11.5 Å². The number of aliphatic hydroxyl groups is 1. The van der Waals surface area contributed by atoms with Gasteiger partial charge in [-0.15, -0.1) is 0 Å². The van der Waals surface area contributed by atoms with Crippen LogP contribution < -0.4 is 9.47 Å². The first kappa shape index (κ1) is 16.5. The fraction of sp³-hybridized carbons (Fsp3) is 0.500. The molecule has 0 bridgehead atoms. The number of nitrogens with zero attached hydrogens (tertiary/aromatic N) is 2. The normalized spacial score (nSPS) is 22.7. The fourth-order valence-corrected chi connectivity index (χ4v) is 3.06. The number of hydrogen-bond donors (Lipinski definition) is 2. The number of aliphatic carboxylic acids is 1. The zero-order valence-corrected chi connectivity index (χ0v) is 13.3. The Balaban J connectivity index is 1.71. The Morgan fingerprint density at radius 3 is 2.67 bits per heavy atom. The molecule has 0 saturated carbocycles. The van der Waals surface area contributed by atoms with Crippen molar-refractivity contribution < 1.29 is 29.3 Å². The predicted octanol–water partition coefficient (Wildman–Crippen LogP) is -0.340. The molecule has 1 aromatic carbocycles. The molecule has 1 amide bonds. The summed E-state index contributed by atoms with van der Waals surface area (Å²) in [5.74, 6) is -0.0525. The molecule has 2 atom stereocenters. The molecule has 8 heteroatoms. The number of rotatable bonds is 4. The first-order chi connectivity index (χ1) is 11.5. The summed E-state index contributed by atoms with van der Waals surface area (Å²) in [6.45, 7) is 1.18. The lowest BCUT2D eigenvalue weighted by Gasteiger charge is -2.24. The lowest BCUT2D eigenvalue weighted by Crippen LogP contribution is -2.43. The monoisotopic (exact) mass is 336 g/mol. The minimum Gasteiger partial charge on any atom is -0.486 e. The topological polar surface area (TPSA) is 99.5 Å². The quantitative estimate of drug-likeness (QED) is 0.776. The van der Waals surface area contributed by atoms with Crippen LogP contribution >= 0.6 is 0 Å². The molecule has 8 nitrogen and oxygen atoms in total. The van der Waals surface area contributed by atoms with Crippen molar-refractivity contribution in [1.82, 2.24) is 9.80 Å². The Hall–Kier alpha value is -2.32. The number of amides is 1. The second-order valence-corrected chi connectivity index (χ2v) is 6.01. The van der Waals surface area contributed by atoms with Gasteiger partial charge >= 0.3 is 5.97 Å².